The van der Waals surface area contributed by atoms with Gasteiger partial charge < -0.3 is 4.74 Å². The van der Waals surface area contributed by atoms with Gasteiger partial charge in [-0.25, -0.2) is 4.39 Å². The van der Waals surface area contributed by atoms with Crippen LogP contribution in [0.5, 0.6) is 0 Å². The van der Waals surface area contributed by atoms with Crippen molar-refractivity contribution in [2.45, 2.75) is 32.6 Å². The summed E-state index contributed by atoms with van der Waals surface area (Å²) in [4.78, 5) is 15.3. The highest BCUT2D eigenvalue weighted by Crippen LogP contribution is 2.24. The number of ether oxygens (including phenoxy) is 1. The fourth-order valence-corrected chi connectivity index (χ4v) is 1.60. The van der Waals surface area contributed by atoms with Crippen LogP contribution in [0.3, 0.4) is 0 Å². The monoisotopic (exact) mass is 225 g/mol. The predicted octanol–water partition coefficient (Wildman–Crippen LogP) is 2.67. The van der Waals surface area contributed by atoms with Crippen molar-refractivity contribution in [1.29, 1.82) is 0 Å². The average Bonchev–Trinajstić information content (AvgIpc) is 2.27. The first-order valence-electron chi connectivity index (χ1n) is 5.46. The van der Waals surface area contributed by atoms with Gasteiger partial charge >= 0.3 is 5.97 Å². The van der Waals surface area contributed by atoms with Gasteiger partial charge in [0.25, 0.3) is 0 Å². The number of hydrogen-bond donors (Lipinski definition) is 0. The van der Waals surface area contributed by atoms with E-state index in [-0.39, 0.29) is 5.97 Å². The molecule has 0 aromatic carbocycles. The Labute approximate surface area is 94.6 Å². The van der Waals surface area contributed by atoms with E-state index in [1.807, 2.05) is 6.92 Å². The molecule has 4 heteroatoms. The molecule has 1 aromatic heterocycles. The van der Waals surface area contributed by atoms with Crippen LogP contribution in [0.4, 0.5) is 4.39 Å². The number of hydrogen-bond acceptors (Lipinski definition) is 3. The van der Waals surface area contributed by atoms with Gasteiger partial charge in [0.1, 0.15) is 5.82 Å². The first kappa shape index (κ1) is 12.6. The third-order valence-electron chi connectivity index (χ3n) is 2.33. The van der Waals surface area contributed by atoms with E-state index in [4.69, 9.17) is 4.74 Å². The lowest BCUT2D eigenvalue weighted by molar-refractivity contribution is -0.145. The van der Waals surface area contributed by atoms with Gasteiger partial charge in [-0.2, -0.15) is 0 Å². The van der Waals surface area contributed by atoms with E-state index in [1.54, 1.807) is 6.92 Å². The Bertz CT molecular complexity index is 355. The zero-order valence-electron chi connectivity index (χ0n) is 9.57. The number of pyridine rings is 1. The van der Waals surface area contributed by atoms with Crippen molar-refractivity contribution >= 4 is 5.97 Å². The van der Waals surface area contributed by atoms with Gasteiger partial charge in [0.05, 0.1) is 18.7 Å². The predicted molar refractivity (Wildman–Crippen MR) is 58.5 cm³/mol. The zero-order valence-corrected chi connectivity index (χ0v) is 9.57. The molecule has 0 N–H and O–H groups in total. The van der Waals surface area contributed by atoms with Gasteiger partial charge in [-0.05, 0) is 19.4 Å². The standard InChI is InChI=1S/C12H16FNO2/c1-3-5-10(12(15)16-4-2)9-6-7-14-8-11(9)13/h6-8,10H,3-5H2,1-2H3. The van der Waals surface area contributed by atoms with Crippen LogP contribution in [0.2, 0.25) is 0 Å². The molecule has 0 spiro atoms. The molecule has 0 aliphatic carbocycles. The lowest BCUT2D eigenvalue weighted by Gasteiger charge is -2.15. The minimum absolute atomic E-state index is 0.311. The molecular formula is C12H16FNO2. The molecule has 1 atom stereocenters. The fourth-order valence-electron chi connectivity index (χ4n) is 1.60. The van der Waals surface area contributed by atoms with Crippen molar-refractivity contribution in [2.75, 3.05) is 6.61 Å². The van der Waals surface area contributed by atoms with Crippen LogP contribution < -0.4 is 0 Å². The van der Waals surface area contributed by atoms with Crippen molar-refractivity contribution < 1.29 is 13.9 Å². The molecular weight excluding hydrogens is 209 g/mol. The molecule has 1 aromatic rings. The molecule has 1 rings (SSSR count). The third-order valence-corrected chi connectivity index (χ3v) is 2.33. The van der Waals surface area contributed by atoms with Crippen LogP contribution in [0.1, 0.15) is 38.2 Å². The molecule has 1 heterocycles. The van der Waals surface area contributed by atoms with E-state index in [2.05, 4.69) is 4.98 Å². The third kappa shape index (κ3) is 3.02. The molecule has 0 aliphatic rings. The normalized spacial score (nSPS) is 12.2. The Hall–Kier alpha value is -1.45. The van der Waals surface area contributed by atoms with Crippen molar-refractivity contribution in [1.82, 2.24) is 4.98 Å². The second-order valence-electron chi connectivity index (χ2n) is 3.49. The first-order valence-corrected chi connectivity index (χ1v) is 5.46. The highest BCUT2D eigenvalue weighted by Gasteiger charge is 2.23. The number of carbonyl (C=O) groups is 1. The zero-order chi connectivity index (χ0) is 12.0. The number of halogens is 1. The Kier molecular flexibility index (Phi) is 4.89. The first-order chi connectivity index (χ1) is 7.70. The van der Waals surface area contributed by atoms with Crippen molar-refractivity contribution in [3.05, 3.63) is 29.8 Å². The van der Waals surface area contributed by atoms with Crippen LogP contribution in [0.15, 0.2) is 18.5 Å². The summed E-state index contributed by atoms with van der Waals surface area (Å²) in [5.74, 6) is -1.34. The lowest BCUT2D eigenvalue weighted by atomic mass is 9.95. The molecule has 88 valence electrons. The van der Waals surface area contributed by atoms with Crippen LogP contribution in [-0.2, 0) is 9.53 Å². The maximum atomic E-state index is 13.5. The molecule has 0 bridgehead atoms. The molecule has 1 unspecified atom stereocenters. The minimum atomic E-state index is -0.520. The molecule has 0 saturated carbocycles. The minimum Gasteiger partial charge on any atom is -0.466 e. The molecule has 0 aliphatic heterocycles. The molecule has 0 fully saturated rings. The summed E-state index contributed by atoms with van der Waals surface area (Å²) in [6.45, 7) is 4.00. The highest BCUT2D eigenvalue weighted by atomic mass is 19.1. The van der Waals surface area contributed by atoms with E-state index in [9.17, 15) is 9.18 Å². The van der Waals surface area contributed by atoms with E-state index < -0.39 is 11.7 Å². The van der Waals surface area contributed by atoms with E-state index in [0.717, 1.165) is 12.6 Å². The number of nitrogens with zero attached hydrogens (tertiary/aromatic N) is 1. The van der Waals surface area contributed by atoms with Gasteiger partial charge in [0.15, 0.2) is 0 Å². The van der Waals surface area contributed by atoms with Gasteiger partial charge in [-0.15, -0.1) is 0 Å². The number of rotatable bonds is 5. The number of esters is 1. The number of carbonyl (C=O) groups excluding carboxylic acids is 1. The van der Waals surface area contributed by atoms with Crippen LogP contribution in [0, 0.1) is 5.82 Å². The second kappa shape index (κ2) is 6.20. The summed E-state index contributed by atoms with van der Waals surface area (Å²) in [6.07, 6.45) is 3.99. The summed E-state index contributed by atoms with van der Waals surface area (Å²) in [5.41, 5.74) is 0.371. The quantitative estimate of drug-likeness (QED) is 0.723. The topological polar surface area (TPSA) is 39.2 Å². The molecule has 3 nitrogen and oxygen atoms in total. The summed E-state index contributed by atoms with van der Waals surface area (Å²) in [6, 6.07) is 1.53. The van der Waals surface area contributed by atoms with E-state index in [0.29, 0.717) is 18.6 Å². The molecule has 0 radical (unpaired) electrons. The summed E-state index contributed by atoms with van der Waals surface area (Å²) < 4.78 is 18.4. The molecule has 16 heavy (non-hydrogen) atoms. The Morgan fingerprint density at radius 2 is 2.31 bits per heavy atom. The Balaban J connectivity index is 2.93. The Morgan fingerprint density at radius 3 is 2.88 bits per heavy atom. The van der Waals surface area contributed by atoms with Crippen LogP contribution in [-0.4, -0.2) is 17.6 Å². The summed E-state index contributed by atoms with van der Waals surface area (Å²) >= 11 is 0. The average molecular weight is 225 g/mol. The van der Waals surface area contributed by atoms with Gasteiger partial charge in [-0.1, -0.05) is 13.3 Å². The highest BCUT2D eigenvalue weighted by molar-refractivity contribution is 5.78. The van der Waals surface area contributed by atoms with Crippen LogP contribution >= 0.6 is 0 Å². The summed E-state index contributed by atoms with van der Waals surface area (Å²) in [7, 11) is 0. The van der Waals surface area contributed by atoms with Gasteiger partial charge in [0, 0.05) is 11.8 Å². The Morgan fingerprint density at radius 1 is 1.56 bits per heavy atom. The van der Waals surface area contributed by atoms with Gasteiger partial charge in [0.2, 0.25) is 0 Å². The second-order valence-corrected chi connectivity index (χ2v) is 3.49. The van der Waals surface area contributed by atoms with Gasteiger partial charge in [-0.3, -0.25) is 9.78 Å². The van der Waals surface area contributed by atoms with Crippen molar-refractivity contribution in [2.24, 2.45) is 0 Å². The molecule has 0 saturated heterocycles. The van der Waals surface area contributed by atoms with Crippen molar-refractivity contribution in [3.8, 4) is 0 Å². The summed E-state index contributed by atoms with van der Waals surface area (Å²) in [5, 5.41) is 0. The maximum Gasteiger partial charge on any atom is 0.313 e. The molecule has 0 amide bonds. The largest absolute Gasteiger partial charge is 0.466 e. The van der Waals surface area contributed by atoms with Crippen LogP contribution in [0.25, 0.3) is 0 Å². The van der Waals surface area contributed by atoms with E-state index in [1.165, 1.54) is 12.3 Å². The lowest BCUT2D eigenvalue weighted by Crippen LogP contribution is -2.17. The smallest absolute Gasteiger partial charge is 0.313 e. The van der Waals surface area contributed by atoms with E-state index >= 15 is 0 Å². The van der Waals surface area contributed by atoms with Crippen molar-refractivity contribution in [3.63, 3.8) is 0 Å². The number of aromatic nitrogens is 1. The fraction of sp³-hybridized carbons (Fsp3) is 0.500. The maximum absolute atomic E-state index is 13.5. The SMILES string of the molecule is CCCC(C(=O)OCC)c1ccncc1F.